The largest absolute Gasteiger partial charge is 0.299 e. The van der Waals surface area contributed by atoms with Crippen molar-refractivity contribution in [1.29, 1.82) is 0 Å². The molecular weight excluding hydrogens is 282 g/mol. The van der Waals surface area contributed by atoms with Crippen LogP contribution in [0.2, 0.25) is 5.02 Å². The van der Waals surface area contributed by atoms with E-state index >= 15 is 0 Å². The van der Waals surface area contributed by atoms with E-state index in [1.165, 1.54) is 5.56 Å². The summed E-state index contributed by atoms with van der Waals surface area (Å²) < 4.78 is 0. The zero-order valence-corrected chi connectivity index (χ0v) is 12.6. The van der Waals surface area contributed by atoms with Crippen LogP contribution in [0.3, 0.4) is 0 Å². The number of piperidine rings is 1. The lowest BCUT2D eigenvalue weighted by Crippen LogP contribution is -2.39. The third-order valence-corrected chi connectivity index (χ3v) is 4.38. The number of ketones is 1. The quantitative estimate of drug-likeness (QED) is 0.857. The van der Waals surface area contributed by atoms with Gasteiger partial charge in [-0.15, -0.1) is 0 Å². The smallest absolute Gasteiger partial charge is 0.142 e. The number of likely N-dealkylation sites (tertiary alicyclic amines) is 1. The van der Waals surface area contributed by atoms with Crippen LogP contribution in [0.4, 0.5) is 0 Å². The van der Waals surface area contributed by atoms with Gasteiger partial charge in [-0.1, -0.05) is 60.1 Å². The molecule has 1 aliphatic heterocycles. The average molecular weight is 300 g/mol. The molecule has 0 saturated carbocycles. The second-order valence-electron chi connectivity index (χ2n) is 5.51. The fourth-order valence-electron chi connectivity index (χ4n) is 2.91. The summed E-state index contributed by atoms with van der Waals surface area (Å²) in [4.78, 5) is 14.6. The highest BCUT2D eigenvalue weighted by atomic mass is 35.5. The van der Waals surface area contributed by atoms with Crippen LogP contribution in [0.1, 0.15) is 23.5 Å². The Hall–Kier alpha value is -1.64. The summed E-state index contributed by atoms with van der Waals surface area (Å²) in [5.41, 5.74) is 2.24. The predicted octanol–water partition coefficient (Wildman–Crippen LogP) is 3.90. The van der Waals surface area contributed by atoms with Gasteiger partial charge in [0.1, 0.15) is 5.78 Å². The summed E-state index contributed by atoms with van der Waals surface area (Å²) in [6.45, 7) is 2.46. The van der Waals surface area contributed by atoms with Crippen LogP contribution in [0.5, 0.6) is 0 Å². The minimum absolute atomic E-state index is 0.101. The monoisotopic (exact) mass is 299 g/mol. The summed E-state index contributed by atoms with van der Waals surface area (Å²) in [6.07, 6.45) is 0.600. The number of rotatable bonds is 3. The standard InChI is InChI=1S/C18H18ClNO/c19-17-9-5-4-8-15(17)16-13-20(11-10-18(16)21)12-14-6-2-1-3-7-14/h1-9,16H,10-13H2. The van der Waals surface area contributed by atoms with Gasteiger partial charge in [-0.2, -0.15) is 0 Å². The molecule has 108 valence electrons. The Labute approximate surface area is 130 Å². The number of carbonyl (C=O) groups is 1. The Morgan fingerprint density at radius 3 is 2.52 bits per heavy atom. The number of nitrogens with zero attached hydrogens (tertiary/aromatic N) is 1. The first-order valence-corrected chi connectivity index (χ1v) is 7.65. The van der Waals surface area contributed by atoms with Gasteiger partial charge in [0, 0.05) is 31.1 Å². The van der Waals surface area contributed by atoms with Crippen LogP contribution in [0.15, 0.2) is 54.6 Å². The van der Waals surface area contributed by atoms with Gasteiger partial charge >= 0.3 is 0 Å². The zero-order valence-electron chi connectivity index (χ0n) is 11.8. The molecule has 1 saturated heterocycles. The fourth-order valence-corrected chi connectivity index (χ4v) is 3.18. The molecule has 0 bridgehead atoms. The Kier molecular flexibility index (Phi) is 4.37. The van der Waals surface area contributed by atoms with Crippen molar-refractivity contribution in [3.63, 3.8) is 0 Å². The van der Waals surface area contributed by atoms with Crippen molar-refractivity contribution in [2.75, 3.05) is 13.1 Å². The molecule has 1 heterocycles. The molecule has 2 aromatic rings. The van der Waals surface area contributed by atoms with Gasteiger partial charge in [-0.3, -0.25) is 9.69 Å². The van der Waals surface area contributed by atoms with E-state index in [0.717, 1.165) is 25.2 Å². The van der Waals surface area contributed by atoms with E-state index in [1.54, 1.807) is 0 Å². The van der Waals surface area contributed by atoms with Gasteiger partial charge in [0.25, 0.3) is 0 Å². The van der Waals surface area contributed by atoms with Gasteiger partial charge in [0.05, 0.1) is 5.92 Å². The van der Waals surface area contributed by atoms with Crippen molar-refractivity contribution in [2.24, 2.45) is 0 Å². The first-order valence-electron chi connectivity index (χ1n) is 7.27. The highest BCUT2D eigenvalue weighted by molar-refractivity contribution is 6.31. The number of halogens is 1. The Balaban J connectivity index is 1.76. The molecule has 21 heavy (non-hydrogen) atoms. The number of hydrogen-bond acceptors (Lipinski definition) is 2. The number of Topliss-reactive ketones (excluding diaryl/α,β-unsaturated/α-hetero) is 1. The molecule has 1 aliphatic rings. The number of hydrogen-bond donors (Lipinski definition) is 0. The average Bonchev–Trinajstić information content (AvgIpc) is 2.51. The summed E-state index contributed by atoms with van der Waals surface area (Å²) in [5, 5.41) is 0.692. The molecule has 3 heteroatoms. The molecule has 2 aromatic carbocycles. The molecule has 0 N–H and O–H groups in total. The topological polar surface area (TPSA) is 20.3 Å². The molecule has 1 fully saturated rings. The minimum Gasteiger partial charge on any atom is -0.299 e. The molecule has 0 radical (unpaired) electrons. The Morgan fingerprint density at radius 1 is 1.05 bits per heavy atom. The van der Waals surface area contributed by atoms with E-state index in [4.69, 9.17) is 11.6 Å². The van der Waals surface area contributed by atoms with E-state index < -0.39 is 0 Å². The van der Waals surface area contributed by atoms with Crippen LogP contribution in [-0.4, -0.2) is 23.8 Å². The highest BCUT2D eigenvalue weighted by Gasteiger charge is 2.29. The first-order chi connectivity index (χ1) is 10.2. The Bertz CT molecular complexity index is 626. The first kappa shape index (κ1) is 14.3. The van der Waals surface area contributed by atoms with Crippen molar-refractivity contribution in [1.82, 2.24) is 4.90 Å². The van der Waals surface area contributed by atoms with E-state index in [1.807, 2.05) is 30.3 Å². The second kappa shape index (κ2) is 6.42. The van der Waals surface area contributed by atoms with Crippen molar-refractivity contribution in [3.05, 3.63) is 70.7 Å². The summed E-state index contributed by atoms with van der Waals surface area (Å²) >= 11 is 6.26. The summed E-state index contributed by atoms with van der Waals surface area (Å²) in [6, 6.07) is 18.1. The molecular formula is C18H18ClNO. The van der Waals surface area contributed by atoms with Crippen LogP contribution in [0, 0.1) is 0 Å². The molecule has 1 atom stereocenters. The predicted molar refractivity (Wildman–Crippen MR) is 85.5 cm³/mol. The third kappa shape index (κ3) is 3.34. The fraction of sp³-hybridized carbons (Fsp3) is 0.278. The summed E-state index contributed by atoms with van der Waals surface area (Å²) in [5.74, 6) is 0.198. The third-order valence-electron chi connectivity index (χ3n) is 4.03. The molecule has 0 aliphatic carbocycles. The normalized spacial score (nSPS) is 19.7. The molecule has 2 nitrogen and oxygen atoms in total. The van der Waals surface area contributed by atoms with E-state index in [9.17, 15) is 4.79 Å². The van der Waals surface area contributed by atoms with Gasteiger partial charge in [0.15, 0.2) is 0 Å². The summed E-state index contributed by atoms with van der Waals surface area (Å²) in [7, 11) is 0. The lowest BCUT2D eigenvalue weighted by Gasteiger charge is -2.32. The van der Waals surface area contributed by atoms with Crippen molar-refractivity contribution >= 4 is 17.4 Å². The maximum Gasteiger partial charge on any atom is 0.142 e. The maximum absolute atomic E-state index is 12.3. The van der Waals surface area contributed by atoms with Crippen LogP contribution >= 0.6 is 11.6 Å². The van der Waals surface area contributed by atoms with E-state index in [-0.39, 0.29) is 5.92 Å². The number of benzene rings is 2. The maximum atomic E-state index is 12.3. The van der Waals surface area contributed by atoms with Gasteiger partial charge in [0.2, 0.25) is 0 Å². The second-order valence-corrected chi connectivity index (χ2v) is 5.92. The Morgan fingerprint density at radius 2 is 1.76 bits per heavy atom. The molecule has 1 unspecified atom stereocenters. The van der Waals surface area contributed by atoms with Crippen LogP contribution in [-0.2, 0) is 11.3 Å². The van der Waals surface area contributed by atoms with Crippen LogP contribution < -0.4 is 0 Å². The van der Waals surface area contributed by atoms with Gasteiger partial charge in [-0.25, -0.2) is 0 Å². The van der Waals surface area contributed by atoms with Crippen molar-refractivity contribution in [2.45, 2.75) is 18.9 Å². The SMILES string of the molecule is O=C1CCN(Cc2ccccc2)CC1c1ccccc1Cl. The van der Waals surface area contributed by atoms with Gasteiger partial charge in [-0.05, 0) is 17.2 Å². The molecule has 3 rings (SSSR count). The lowest BCUT2D eigenvalue weighted by atomic mass is 9.89. The molecule has 0 spiro atoms. The van der Waals surface area contributed by atoms with Crippen LogP contribution in [0.25, 0.3) is 0 Å². The highest BCUT2D eigenvalue weighted by Crippen LogP contribution is 2.30. The molecule has 0 amide bonds. The van der Waals surface area contributed by atoms with E-state index in [2.05, 4.69) is 29.2 Å². The van der Waals surface area contributed by atoms with Gasteiger partial charge < -0.3 is 0 Å². The van der Waals surface area contributed by atoms with Crippen molar-refractivity contribution < 1.29 is 4.79 Å². The van der Waals surface area contributed by atoms with E-state index in [0.29, 0.717) is 17.2 Å². The lowest BCUT2D eigenvalue weighted by molar-refractivity contribution is -0.123. The number of carbonyl (C=O) groups excluding carboxylic acids is 1. The van der Waals surface area contributed by atoms with Crippen molar-refractivity contribution in [3.8, 4) is 0 Å². The zero-order chi connectivity index (χ0) is 14.7. The molecule has 0 aromatic heterocycles. The minimum atomic E-state index is -0.101.